The highest BCUT2D eigenvalue weighted by Gasteiger charge is 2.15. The van der Waals surface area contributed by atoms with Gasteiger partial charge in [0, 0.05) is 12.6 Å². The predicted molar refractivity (Wildman–Crippen MR) is 122 cm³/mol. The Morgan fingerprint density at radius 1 is 1.03 bits per heavy atom. The summed E-state index contributed by atoms with van der Waals surface area (Å²) in [6.45, 7) is 7.31. The van der Waals surface area contributed by atoms with E-state index in [-0.39, 0.29) is 10.8 Å². The van der Waals surface area contributed by atoms with E-state index in [4.69, 9.17) is 4.52 Å². The molecule has 0 radical (unpaired) electrons. The molecule has 0 bridgehead atoms. The first-order valence-electron chi connectivity index (χ1n) is 9.80. The molecule has 0 atom stereocenters. The van der Waals surface area contributed by atoms with Crippen molar-refractivity contribution in [3.8, 4) is 0 Å². The van der Waals surface area contributed by atoms with Crippen LogP contribution in [0.3, 0.4) is 0 Å². The SMILES string of the molecule is CC(=O)Nc1c(C)noc1C=Cc1ccc(S(=O)(=O)Nc2ccc(C(C)C)cc2)cc1. The number of rotatable bonds is 7. The average molecular weight is 440 g/mol. The molecular weight excluding hydrogens is 414 g/mol. The molecule has 3 rings (SSSR count). The molecule has 0 unspecified atom stereocenters. The van der Waals surface area contributed by atoms with Gasteiger partial charge in [-0.15, -0.1) is 0 Å². The van der Waals surface area contributed by atoms with Crippen molar-refractivity contribution >= 4 is 39.5 Å². The zero-order valence-corrected chi connectivity index (χ0v) is 18.7. The fourth-order valence-corrected chi connectivity index (χ4v) is 3.97. The third-order valence-electron chi connectivity index (χ3n) is 4.64. The highest BCUT2D eigenvalue weighted by Crippen LogP contribution is 2.23. The van der Waals surface area contributed by atoms with Crippen LogP contribution in [0.4, 0.5) is 11.4 Å². The molecule has 1 aromatic heterocycles. The van der Waals surface area contributed by atoms with Gasteiger partial charge in [-0.25, -0.2) is 8.42 Å². The first kappa shape index (κ1) is 22.3. The summed E-state index contributed by atoms with van der Waals surface area (Å²) < 4.78 is 33.2. The molecular formula is C23H25N3O4S. The number of carbonyl (C=O) groups excluding carboxylic acids is 1. The van der Waals surface area contributed by atoms with Crippen LogP contribution in [-0.4, -0.2) is 19.5 Å². The summed E-state index contributed by atoms with van der Waals surface area (Å²) in [5.41, 5.74) is 3.50. The molecule has 0 saturated heterocycles. The number of carbonyl (C=O) groups is 1. The Hall–Kier alpha value is -3.39. The molecule has 31 heavy (non-hydrogen) atoms. The van der Waals surface area contributed by atoms with Gasteiger partial charge in [-0.05, 0) is 54.3 Å². The lowest BCUT2D eigenvalue weighted by Gasteiger charge is -2.10. The lowest BCUT2D eigenvalue weighted by molar-refractivity contribution is -0.114. The fourth-order valence-electron chi connectivity index (χ4n) is 2.91. The Kier molecular flexibility index (Phi) is 6.60. The second kappa shape index (κ2) is 9.18. The van der Waals surface area contributed by atoms with Gasteiger partial charge in [0.15, 0.2) is 5.76 Å². The number of nitrogens with zero attached hydrogens (tertiary/aromatic N) is 1. The van der Waals surface area contributed by atoms with E-state index in [1.54, 1.807) is 43.3 Å². The van der Waals surface area contributed by atoms with E-state index in [0.29, 0.717) is 28.7 Å². The summed E-state index contributed by atoms with van der Waals surface area (Å²) in [6, 6.07) is 13.8. The van der Waals surface area contributed by atoms with Crippen LogP contribution < -0.4 is 10.0 Å². The number of hydrogen-bond donors (Lipinski definition) is 2. The van der Waals surface area contributed by atoms with E-state index in [2.05, 4.69) is 29.0 Å². The Labute approximate surface area is 182 Å². The van der Waals surface area contributed by atoms with Gasteiger partial charge in [-0.2, -0.15) is 0 Å². The number of hydrogen-bond acceptors (Lipinski definition) is 5. The first-order valence-corrected chi connectivity index (χ1v) is 11.3. The van der Waals surface area contributed by atoms with Crippen molar-refractivity contribution in [1.82, 2.24) is 5.16 Å². The van der Waals surface area contributed by atoms with Crippen LogP contribution in [0.1, 0.15) is 49.3 Å². The van der Waals surface area contributed by atoms with Crippen molar-refractivity contribution in [2.45, 2.75) is 38.5 Å². The summed E-state index contributed by atoms with van der Waals surface area (Å²) >= 11 is 0. The zero-order valence-electron chi connectivity index (χ0n) is 17.8. The molecule has 3 aromatic rings. The van der Waals surface area contributed by atoms with Crippen molar-refractivity contribution in [2.75, 3.05) is 10.0 Å². The minimum absolute atomic E-state index is 0.159. The molecule has 0 aliphatic heterocycles. The molecule has 0 aliphatic carbocycles. The summed E-state index contributed by atoms with van der Waals surface area (Å²) in [5.74, 6) is 0.569. The number of aromatic nitrogens is 1. The van der Waals surface area contributed by atoms with Crippen molar-refractivity contribution in [2.24, 2.45) is 0 Å². The third kappa shape index (κ3) is 5.61. The molecule has 162 valence electrons. The van der Waals surface area contributed by atoms with Gasteiger partial charge in [0.05, 0.1) is 4.90 Å². The van der Waals surface area contributed by atoms with Crippen LogP contribution in [0.15, 0.2) is 57.9 Å². The normalized spacial score (nSPS) is 11.8. The van der Waals surface area contributed by atoms with Gasteiger partial charge in [0.1, 0.15) is 11.4 Å². The molecule has 0 spiro atoms. The maximum atomic E-state index is 12.7. The molecule has 0 fully saturated rings. The van der Waals surface area contributed by atoms with Gasteiger partial charge in [0.2, 0.25) is 5.91 Å². The quantitative estimate of drug-likeness (QED) is 0.537. The van der Waals surface area contributed by atoms with Crippen LogP contribution in [0.5, 0.6) is 0 Å². The topological polar surface area (TPSA) is 101 Å². The second-order valence-corrected chi connectivity index (χ2v) is 9.16. The van der Waals surface area contributed by atoms with Crippen LogP contribution in [0.2, 0.25) is 0 Å². The molecule has 2 aromatic carbocycles. The molecule has 2 N–H and O–H groups in total. The van der Waals surface area contributed by atoms with Gasteiger partial charge < -0.3 is 9.84 Å². The van der Waals surface area contributed by atoms with Crippen molar-refractivity contribution in [1.29, 1.82) is 0 Å². The number of benzene rings is 2. The van der Waals surface area contributed by atoms with E-state index in [9.17, 15) is 13.2 Å². The predicted octanol–water partition coefficient (Wildman–Crippen LogP) is 5.04. The van der Waals surface area contributed by atoms with E-state index >= 15 is 0 Å². The molecule has 1 amide bonds. The highest BCUT2D eigenvalue weighted by molar-refractivity contribution is 7.92. The maximum absolute atomic E-state index is 12.7. The molecule has 1 heterocycles. The molecule has 0 aliphatic rings. The van der Waals surface area contributed by atoms with Crippen molar-refractivity contribution in [3.05, 3.63) is 71.1 Å². The standard InChI is InChI=1S/C23H25N3O4S/c1-15(2)19-8-10-20(11-9-19)26-31(28,29)21-12-5-18(6-13-21)7-14-22-23(24-17(4)27)16(3)25-30-22/h5-15,26H,1-4H3,(H,24,27). The third-order valence-corrected chi connectivity index (χ3v) is 6.03. The van der Waals surface area contributed by atoms with Crippen LogP contribution in [0.25, 0.3) is 12.2 Å². The van der Waals surface area contributed by atoms with E-state index in [1.807, 2.05) is 12.1 Å². The van der Waals surface area contributed by atoms with Crippen molar-refractivity contribution in [3.63, 3.8) is 0 Å². The number of sulfonamides is 1. The Morgan fingerprint density at radius 2 is 1.68 bits per heavy atom. The summed E-state index contributed by atoms with van der Waals surface area (Å²) in [7, 11) is -3.70. The van der Waals surface area contributed by atoms with Crippen LogP contribution in [0, 0.1) is 6.92 Å². The van der Waals surface area contributed by atoms with Crippen LogP contribution in [-0.2, 0) is 14.8 Å². The lowest BCUT2D eigenvalue weighted by Crippen LogP contribution is -2.12. The lowest BCUT2D eigenvalue weighted by atomic mass is 10.0. The molecule has 0 saturated carbocycles. The van der Waals surface area contributed by atoms with Gasteiger partial charge >= 0.3 is 0 Å². The number of anilines is 2. The summed E-state index contributed by atoms with van der Waals surface area (Å²) in [6.07, 6.45) is 3.42. The Bertz CT molecular complexity index is 1190. The molecule has 7 nitrogen and oxygen atoms in total. The van der Waals surface area contributed by atoms with E-state index in [0.717, 1.165) is 11.1 Å². The minimum atomic E-state index is -3.70. The number of amides is 1. The van der Waals surface area contributed by atoms with Gasteiger partial charge in [0.25, 0.3) is 10.0 Å². The largest absolute Gasteiger partial charge is 0.354 e. The number of aryl methyl sites for hydroxylation is 1. The Balaban J connectivity index is 1.73. The second-order valence-electron chi connectivity index (χ2n) is 7.47. The van der Waals surface area contributed by atoms with Gasteiger partial charge in [-0.1, -0.05) is 49.3 Å². The first-order chi connectivity index (χ1) is 14.7. The monoisotopic (exact) mass is 439 g/mol. The van der Waals surface area contributed by atoms with Crippen LogP contribution >= 0.6 is 0 Å². The smallest absolute Gasteiger partial charge is 0.261 e. The highest BCUT2D eigenvalue weighted by atomic mass is 32.2. The minimum Gasteiger partial charge on any atom is -0.354 e. The maximum Gasteiger partial charge on any atom is 0.261 e. The summed E-state index contributed by atoms with van der Waals surface area (Å²) in [4.78, 5) is 11.5. The van der Waals surface area contributed by atoms with E-state index in [1.165, 1.54) is 19.1 Å². The Morgan fingerprint density at radius 3 is 2.26 bits per heavy atom. The molecule has 8 heteroatoms. The zero-order chi connectivity index (χ0) is 22.6. The van der Waals surface area contributed by atoms with Gasteiger partial charge in [-0.3, -0.25) is 9.52 Å². The fraction of sp³-hybridized carbons (Fsp3) is 0.217. The average Bonchev–Trinajstić information content (AvgIpc) is 3.06. The summed E-state index contributed by atoms with van der Waals surface area (Å²) in [5, 5.41) is 6.54. The number of nitrogens with one attached hydrogen (secondary N) is 2. The van der Waals surface area contributed by atoms with Crippen molar-refractivity contribution < 1.29 is 17.7 Å². The van der Waals surface area contributed by atoms with E-state index < -0.39 is 10.0 Å².